The van der Waals surface area contributed by atoms with Crippen molar-refractivity contribution in [3.63, 3.8) is 0 Å². The molecule has 23 heavy (non-hydrogen) atoms. The number of benzene rings is 2. The van der Waals surface area contributed by atoms with Crippen LogP contribution in [0.5, 0.6) is 11.5 Å². The number of urea groups is 1. The van der Waals surface area contributed by atoms with Crippen molar-refractivity contribution >= 4 is 23.3 Å². The predicted octanol–water partition coefficient (Wildman–Crippen LogP) is 4.20. The maximum absolute atomic E-state index is 12.1. The Morgan fingerprint density at radius 1 is 1.17 bits per heavy atom. The van der Waals surface area contributed by atoms with Gasteiger partial charge in [0.15, 0.2) is 6.23 Å². The second-order valence-corrected chi connectivity index (χ2v) is 5.45. The summed E-state index contributed by atoms with van der Waals surface area (Å²) in [6.45, 7) is 3.68. The maximum Gasteiger partial charge on any atom is 0.322 e. The Morgan fingerprint density at radius 2 is 1.87 bits per heavy atom. The number of rotatable bonds is 5. The minimum absolute atomic E-state index is 0.379. The van der Waals surface area contributed by atoms with Gasteiger partial charge in [0.1, 0.15) is 11.5 Å². The van der Waals surface area contributed by atoms with E-state index in [1.165, 1.54) is 0 Å². The summed E-state index contributed by atoms with van der Waals surface area (Å²) < 4.78 is 10.8. The third-order valence-corrected chi connectivity index (χ3v) is 3.32. The van der Waals surface area contributed by atoms with Gasteiger partial charge in [-0.3, -0.25) is 0 Å². The molecule has 2 N–H and O–H groups in total. The molecule has 0 aliphatic rings. The van der Waals surface area contributed by atoms with Gasteiger partial charge < -0.3 is 20.1 Å². The molecule has 0 aliphatic carbocycles. The molecule has 0 fully saturated rings. The maximum atomic E-state index is 12.1. The average Bonchev–Trinajstić information content (AvgIpc) is 2.49. The largest absolute Gasteiger partial charge is 0.495 e. The number of nitrogens with one attached hydrogen (secondary N) is 2. The minimum atomic E-state index is -0.507. The van der Waals surface area contributed by atoms with Gasteiger partial charge in [-0.05, 0) is 55.8 Å². The van der Waals surface area contributed by atoms with Crippen LogP contribution in [-0.2, 0) is 0 Å². The van der Waals surface area contributed by atoms with Crippen LogP contribution in [-0.4, -0.2) is 19.4 Å². The Labute approximate surface area is 140 Å². The van der Waals surface area contributed by atoms with E-state index < -0.39 is 6.23 Å². The zero-order valence-electron chi connectivity index (χ0n) is 13.2. The zero-order valence-corrected chi connectivity index (χ0v) is 14.0. The predicted molar refractivity (Wildman–Crippen MR) is 91.4 cm³/mol. The lowest BCUT2D eigenvalue weighted by Crippen LogP contribution is -2.39. The van der Waals surface area contributed by atoms with Crippen molar-refractivity contribution in [2.75, 3.05) is 12.4 Å². The molecule has 0 spiro atoms. The highest BCUT2D eigenvalue weighted by atomic mass is 35.5. The fraction of sp³-hybridized carbons (Fsp3) is 0.235. The number of hydrogen-bond acceptors (Lipinski definition) is 3. The summed E-state index contributed by atoms with van der Waals surface area (Å²) in [6, 6.07) is 12.1. The first kappa shape index (κ1) is 17.0. The van der Waals surface area contributed by atoms with Crippen molar-refractivity contribution in [3.8, 4) is 11.5 Å². The van der Waals surface area contributed by atoms with Crippen molar-refractivity contribution in [1.29, 1.82) is 0 Å². The molecule has 1 unspecified atom stereocenters. The van der Waals surface area contributed by atoms with Gasteiger partial charge in [-0.15, -0.1) is 0 Å². The molecular weight excluding hydrogens is 316 g/mol. The summed E-state index contributed by atoms with van der Waals surface area (Å²) in [5.41, 5.74) is 1.62. The highest BCUT2D eigenvalue weighted by molar-refractivity contribution is 6.30. The molecule has 122 valence electrons. The van der Waals surface area contributed by atoms with E-state index in [-0.39, 0.29) is 6.03 Å². The lowest BCUT2D eigenvalue weighted by molar-refractivity contribution is 0.183. The first-order chi connectivity index (χ1) is 11.0. The Morgan fingerprint density at radius 3 is 2.52 bits per heavy atom. The van der Waals surface area contributed by atoms with Crippen LogP contribution < -0.4 is 20.1 Å². The van der Waals surface area contributed by atoms with Gasteiger partial charge in [-0.1, -0.05) is 17.7 Å². The first-order valence-electron chi connectivity index (χ1n) is 7.12. The van der Waals surface area contributed by atoms with E-state index in [0.717, 1.165) is 5.56 Å². The molecule has 5 nitrogen and oxygen atoms in total. The average molecular weight is 335 g/mol. The van der Waals surface area contributed by atoms with Crippen molar-refractivity contribution in [2.24, 2.45) is 0 Å². The molecule has 0 aliphatic heterocycles. The molecule has 6 heteroatoms. The Hall–Kier alpha value is -2.40. The van der Waals surface area contributed by atoms with E-state index in [9.17, 15) is 4.79 Å². The number of halogens is 1. The van der Waals surface area contributed by atoms with Gasteiger partial charge in [-0.2, -0.15) is 0 Å². The number of amides is 2. The molecule has 2 amide bonds. The highest BCUT2D eigenvalue weighted by Gasteiger charge is 2.11. The zero-order chi connectivity index (χ0) is 16.8. The third kappa shape index (κ3) is 5.07. The molecule has 0 saturated heterocycles. The van der Waals surface area contributed by atoms with Crippen molar-refractivity contribution in [1.82, 2.24) is 5.32 Å². The molecule has 0 saturated carbocycles. The van der Waals surface area contributed by atoms with Gasteiger partial charge >= 0.3 is 6.03 Å². The van der Waals surface area contributed by atoms with Crippen molar-refractivity contribution in [3.05, 3.63) is 53.1 Å². The first-order valence-corrected chi connectivity index (χ1v) is 7.50. The van der Waals surface area contributed by atoms with E-state index in [1.807, 2.05) is 19.1 Å². The number of anilines is 1. The van der Waals surface area contributed by atoms with Crippen molar-refractivity contribution in [2.45, 2.75) is 20.1 Å². The fourth-order valence-electron chi connectivity index (χ4n) is 2.01. The minimum Gasteiger partial charge on any atom is -0.495 e. The third-order valence-electron chi connectivity index (χ3n) is 3.06. The smallest absolute Gasteiger partial charge is 0.322 e. The quantitative estimate of drug-likeness (QED) is 0.805. The van der Waals surface area contributed by atoms with Crippen LogP contribution >= 0.6 is 11.6 Å². The topological polar surface area (TPSA) is 59.6 Å². The highest BCUT2D eigenvalue weighted by Crippen LogP contribution is 2.25. The summed E-state index contributed by atoms with van der Waals surface area (Å²) in [7, 11) is 1.56. The molecule has 0 aromatic heterocycles. The number of hydrogen-bond donors (Lipinski definition) is 2. The number of carbonyl (C=O) groups is 1. The standard InChI is InChI=1S/C17H19ClN2O3/c1-11-4-9-16(22-3)15(10-11)20-17(21)19-12(2)23-14-7-5-13(18)6-8-14/h4-10,12H,1-3H3,(H2,19,20,21). The number of methoxy groups -OCH3 is 1. The molecule has 2 aromatic carbocycles. The lowest BCUT2D eigenvalue weighted by Gasteiger charge is -2.17. The van der Waals surface area contributed by atoms with E-state index in [2.05, 4.69) is 10.6 Å². The second kappa shape index (κ2) is 7.74. The van der Waals surface area contributed by atoms with E-state index in [4.69, 9.17) is 21.1 Å². The Bertz CT molecular complexity index is 674. The van der Waals surface area contributed by atoms with Crippen LogP contribution in [0.4, 0.5) is 10.5 Å². The molecule has 0 bridgehead atoms. The van der Waals surface area contributed by atoms with Crippen LogP contribution in [0.25, 0.3) is 0 Å². The van der Waals surface area contributed by atoms with Gasteiger partial charge in [0.2, 0.25) is 0 Å². The van der Waals surface area contributed by atoms with Crippen LogP contribution in [0.2, 0.25) is 5.02 Å². The number of aryl methyl sites for hydroxylation is 1. The molecular formula is C17H19ClN2O3. The van der Waals surface area contributed by atoms with Gasteiger partial charge in [-0.25, -0.2) is 4.79 Å². The van der Waals surface area contributed by atoms with Crippen LogP contribution in [0.1, 0.15) is 12.5 Å². The summed E-state index contributed by atoms with van der Waals surface area (Å²) in [4.78, 5) is 12.1. The second-order valence-electron chi connectivity index (χ2n) is 5.02. The normalized spacial score (nSPS) is 11.5. The van der Waals surface area contributed by atoms with E-state index >= 15 is 0 Å². The molecule has 0 radical (unpaired) electrons. The summed E-state index contributed by atoms with van der Waals surface area (Å²) >= 11 is 5.82. The molecule has 2 rings (SSSR count). The summed E-state index contributed by atoms with van der Waals surface area (Å²) in [5, 5.41) is 6.08. The van der Waals surface area contributed by atoms with Gasteiger partial charge in [0.05, 0.1) is 12.8 Å². The Kier molecular flexibility index (Phi) is 5.71. The molecule has 1 atom stereocenters. The van der Waals surface area contributed by atoms with Crippen LogP contribution in [0.3, 0.4) is 0 Å². The molecule has 2 aromatic rings. The molecule has 0 heterocycles. The Balaban J connectivity index is 1.94. The number of carbonyl (C=O) groups excluding carboxylic acids is 1. The van der Waals surface area contributed by atoms with Crippen LogP contribution in [0, 0.1) is 6.92 Å². The monoisotopic (exact) mass is 334 g/mol. The lowest BCUT2D eigenvalue weighted by atomic mass is 10.2. The van der Waals surface area contributed by atoms with Crippen LogP contribution in [0.15, 0.2) is 42.5 Å². The van der Waals surface area contributed by atoms with Crippen molar-refractivity contribution < 1.29 is 14.3 Å². The SMILES string of the molecule is COc1ccc(C)cc1NC(=O)NC(C)Oc1ccc(Cl)cc1. The van der Waals surface area contributed by atoms with Gasteiger partial charge in [0, 0.05) is 5.02 Å². The fourth-order valence-corrected chi connectivity index (χ4v) is 2.14. The van der Waals surface area contributed by atoms with E-state index in [0.29, 0.717) is 22.2 Å². The summed E-state index contributed by atoms with van der Waals surface area (Å²) in [6.07, 6.45) is -0.507. The summed E-state index contributed by atoms with van der Waals surface area (Å²) in [5.74, 6) is 1.22. The number of ether oxygens (including phenoxy) is 2. The van der Waals surface area contributed by atoms with Gasteiger partial charge in [0.25, 0.3) is 0 Å². The van der Waals surface area contributed by atoms with E-state index in [1.54, 1.807) is 44.4 Å².